The Kier molecular flexibility index (Phi) is 5.87. The van der Waals surface area contributed by atoms with Gasteiger partial charge in [-0.2, -0.15) is 0 Å². The van der Waals surface area contributed by atoms with Crippen LogP contribution < -0.4 is 0 Å². The van der Waals surface area contributed by atoms with Crippen LogP contribution in [0, 0.1) is 22.9 Å². The van der Waals surface area contributed by atoms with Crippen LogP contribution in [-0.2, 0) is 10.2 Å². The predicted octanol–water partition coefficient (Wildman–Crippen LogP) is 3.30. The van der Waals surface area contributed by atoms with E-state index in [0.717, 1.165) is 17.7 Å². The average molecular weight is 413 g/mol. The molecule has 30 heavy (non-hydrogen) atoms. The van der Waals surface area contributed by atoms with Crippen LogP contribution in [0.15, 0.2) is 42.5 Å². The van der Waals surface area contributed by atoms with E-state index in [-0.39, 0.29) is 30.1 Å². The zero-order chi connectivity index (χ0) is 22.1. The summed E-state index contributed by atoms with van der Waals surface area (Å²) in [4.78, 5) is 39.5. The quantitative estimate of drug-likeness (QED) is 0.569. The summed E-state index contributed by atoms with van der Waals surface area (Å²) in [5.41, 5.74) is -0.370. The molecule has 0 spiro atoms. The number of piperazine rings is 1. The van der Waals surface area contributed by atoms with E-state index in [1.165, 1.54) is 11.8 Å². The van der Waals surface area contributed by atoms with E-state index in [2.05, 4.69) is 0 Å². The monoisotopic (exact) mass is 413 g/mol. The van der Waals surface area contributed by atoms with Gasteiger partial charge in [0.15, 0.2) is 0 Å². The molecule has 2 aromatic carbocycles. The van der Waals surface area contributed by atoms with Crippen molar-refractivity contribution >= 4 is 17.5 Å². The summed E-state index contributed by atoms with van der Waals surface area (Å²) >= 11 is 0. The first-order valence-electron chi connectivity index (χ1n) is 9.71. The highest BCUT2D eigenvalue weighted by atomic mass is 19.1. The molecule has 0 saturated carbocycles. The lowest BCUT2D eigenvalue weighted by atomic mass is 9.83. The zero-order valence-electron chi connectivity index (χ0n) is 17.2. The Labute approximate surface area is 174 Å². The molecule has 3 rings (SSSR count). The molecule has 1 fully saturated rings. The summed E-state index contributed by atoms with van der Waals surface area (Å²) in [5, 5.41) is 11.1. The first kappa shape index (κ1) is 21.4. The lowest BCUT2D eigenvalue weighted by Crippen LogP contribution is -2.54. The number of benzene rings is 2. The van der Waals surface area contributed by atoms with Gasteiger partial charge in [-0.05, 0) is 32.4 Å². The van der Waals surface area contributed by atoms with E-state index in [1.54, 1.807) is 4.90 Å². The minimum Gasteiger partial charge on any atom is -0.338 e. The molecule has 1 aliphatic heterocycles. The van der Waals surface area contributed by atoms with Gasteiger partial charge >= 0.3 is 0 Å². The van der Waals surface area contributed by atoms with E-state index < -0.39 is 27.8 Å². The van der Waals surface area contributed by atoms with Crippen molar-refractivity contribution in [1.82, 2.24) is 9.80 Å². The summed E-state index contributed by atoms with van der Waals surface area (Å²) < 4.78 is 14.1. The summed E-state index contributed by atoms with van der Waals surface area (Å²) in [6, 6.07) is 11.6. The molecule has 0 bridgehead atoms. The van der Waals surface area contributed by atoms with Crippen molar-refractivity contribution in [3.05, 3.63) is 75.1 Å². The molecule has 8 heteroatoms. The van der Waals surface area contributed by atoms with Crippen molar-refractivity contribution in [2.45, 2.75) is 26.2 Å². The van der Waals surface area contributed by atoms with Gasteiger partial charge in [-0.15, -0.1) is 0 Å². The van der Waals surface area contributed by atoms with E-state index in [0.29, 0.717) is 13.1 Å². The van der Waals surface area contributed by atoms with Crippen LogP contribution >= 0.6 is 0 Å². The Morgan fingerprint density at radius 1 is 1.03 bits per heavy atom. The van der Waals surface area contributed by atoms with Gasteiger partial charge in [0.1, 0.15) is 5.82 Å². The number of nitro benzene ring substituents is 1. The predicted molar refractivity (Wildman–Crippen MR) is 110 cm³/mol. The Balaban J connectivity index is 1.71. The van der Waals surface area contributed by atoms with Gasteiger partial charge in [0.25, 0.3) is 11.6 Å². The molecule has 0 radical (unpaired) electrons. The van der Waals surface area contributed by atoms with Crippen LogP contribution in [0.4, 0.5) is 10.1 Å². The largest absolute Gasteiger partial charge is 0.338 e. The van der Waals surface area contributed by atoms with Gasteiger partial charge in [-0.25, -0.2) is 4.39 Å². The Bertz CT molecular complexity index is 983. The van der Waals surface area contributed by atoms with Crippen LogP contribution in [0.25, 0.3) is 0 Å². The van der Waals surface area contributed by atoms with Crippen molar-refractivity contribution in [2.24, 2.45) is 0 Å². The Hall–Kier alpha value is -3.29. The average Bonchev–Trinajstić information content (AvgIpc) is 2.75. The lowest BCUT2D eigenvalue weighted by molar-refractivity contribution is -0.385. The SMILES string of the molecule is Cc1c(F)cc(C(=O)N2CCN(C(=O)C(C)(C)c3ccccc3)CC2)cc1[N+](=O)[O-]. The maximum Gasteiger partial charge on any atom is 0.276 e. The van der Waals surface area contributed by atoms with Gasteiger partial charge in [-0.3, -0.25) is 19.7 Å². The van der Waals surface area contributed by atoms with Crippen LogP contribution in [-0.4, -0.2) is 52.7 Å². The topological polar surface area (TPSA) is 83.8 Å². The minimum absolute atomic E-state index is 0.0298. The Morgan fingerprint density at radius 2 is 1.60 bits per heavy atom. The Morgan fingerprint density at radius 3 is 2.17 bits per heavy atom. The van der Waals surface area contributed by atoms with Crippen LogP contribution in [0.5, 0.6) is 0 Å². The lowest BCUT2D eigenvalue weighted by Gasteiger charge is -2.38. The molecule has 0 unspecified atom stereocenters. The van der Waals surface area contributed by atoms with Crippen molar-refractivity contribution in [3.63, 3.8) is 0 Å². The molecule has 0 aliphatic carbocycles. The van der Waals surface area contributed by atoms with Gasteiger partial charge < -0.3 is 9.80 Å². The zero-order valence-corrected chi connectivity index (χ0v) is 17.2. The normalized spacial score (nSPS) is 14.5. The number of carbonyl (C=O) groups excluding carboxylic acids is 2. The summed E-state index contributed by atoms with van der Waals surface area (Å²) in [5.74, 6) is -1.30. The number of halogens is 1. The van der Waals surface area contributed by atoms with Crippen molar-refractivity contribution in [3.8, 4) is 0 Å². The molecule has 1 heterocycles. The fourth-order valence-electron chi connectivity index (χ4n) is 3.65. The van der Waals surface area contributed by atoms with Gasteiger partial charge in [0.2, 0.25) is 5.91 Å². The number of hydrogen-bond donors (Lipinski definition) is 0. The number of carbonyl (C=O) groups is 2. The molecule has 0 atom stereocenters. The molecule has 2 aromatic rings. The number of nitro groups is 1. The first-order chi connectivity index (χ1) is 14.1. The highest BCUT2D eigenvalue weighted by Crippen LogP contribution is 2.27. The number of amides is 2. The third kappa shape index (κ3) is 4.03. The van der Waals surface area contributed by atoms with Gasteiger partial charge in [0.05, 0.1) is 15.9 Å². The third-order valence-corrected chi connectivity index (χ3v) is 5.64. The van der Waals surface area contributed by atoms with Crippen LogP contribution in [0.2, 0.25) is 0 Å². The van der Waals surface area contributed by atoms with Crippen LogP contribution in [0.3, 0.4) is 0 Å². The minimum atomic E-state index is -0.786. The fraction of sp³-hybridized carbons (Fsp3) is 0.364. The van der Waals surface area contributed by atoms with Crippen molar-refractivity contribution in [2.75, 3.05) is 26.2 Å². The molecule has 0 N–H and O–H groups in total. The molecule has 2 amide bonds. The van der Waals surface area contributed by atoms with Crippen molar-refractivity contribution < 1.29 is 18.9 Å². The maximum atomic E-state index is 14.1. The molecule has 7 nitrogen and oxygen atoms in total. The standard InChI is InChI=1S/C22H24FN3O4/c1-15-18(23)13-16(14-19(15)26(29)30)20(27)24-9-11-25(12-10-24)21(28)22(2,3)17-7-5-4-6-8-17/h4-8,13-14H,9-12H2,1-3H3. The van der Waals surface area contributed by atoms with E-state index in [1.807, 2.05) is 44.2 Å². The van der Waals surface area contributed by atoms with E-state index in [4.69, 9.17) is 0 Å². The number of rotatable bonds is 4. The molecular weight excluding hydrogens is 389 g/mol. The van der Waals surface area contributed by atoms with Crippen molar-refractivity contribution in [1.29, 1.82) is 0 Å². The smallest absolute Gasteiger partial charge is 0.276 e. The summed E-state index contributed by atoms with van der Waals surface area (Å²) in [6.07, 6.45) is 0. The van der Waals surface area contributed by atoms with Crippen LogP contribution in [0.1, 0.15) is 35.3 Å². The summed E-state index contributed by atoms with van der Waals surface area (Å²) in [6.45, 7) is 6.29. The second-order valence-corrected chi connectivity index (χ2v) is 7.93. The van der Waals surface area contributed by atoms with E-state index in [9.17, 15) is 24.1 Å². The molecule has 158 valence electrons. The van der Waals surface area contributed by atoms with Gasteiger partial charge in [0, 0.05) is 37.8 Å². The molecule has 1 saturated heterocycles. The first-order valence-corrected chi connectivity index (χ1v) is 9.71. The van der Waals surface area contributed by atoms with Gasteiger partial charge in [-0.1, -0.05) is 30.3 Å². The number of nitrogens with zero attached hydrogens (tertiary/aromatic N) is 3. The highest BCUT2D eigenvalue weighted by Gasteiger charge is 2.36. The maximum absolute atomic E-state index is 14.1. The molecule has 1 aliphatic rings. The highest BCUT2D eigenvalue weighted by molar-refractivity contribution is 5.95. The van der Waals surface area contributed by atoms with E-state index >= 15 is 0 Å². The second-order valence-electron chi connectivity index (χ2n) is 7.93. The fourth-order valence-corrected chi connectivity index (χ4v) is 3.65. The molecule has 0 aromatic heterocycles. The number of hydrogen-bond acceptors (Lipinski definition) is 4. The summed E-state index contributed by atoms with van der Waals surface area (Å²) in [7, 11) is 0. The second kappa shape index (κ2) is 8.22. The molecular formula is C22H24FN3O4. The third-order valence-electron chi connectivity index (χ3n) is 5.64.